The van der Waals surface area contributed by atoms with Crippen LogP contribution in [0.4, 0.5) is 5.69 Å². The van der Waals surface area contributed by atoms with Crippen molar-refractivity contribution in [2.24, 2.45) is 0 Å². The number of amides is 1. The van der Waals surface area contributed by atoms with E-state index in [1.54, 1.807) is 12.1 Å². The number of anilines is 1. The summed E-state index contributed by atoms with van der Waals surface area (Å²) >= 11 is 3.17. The molecular weight excluding hydrogens is 310 g/mol. The Hall–Kier alpha value is -1.56. The van der Waals surface area contributed by atoms with Crippen LogP contribution < -0.4 is 5.32 Å². The number of hydrogen-bond acceptors (Lipinski definition) is 3. The van der Waals surface area contributed by atoms with Crippen LogP contribution in [-0.4, -0.2) is 15.7 Å². The quantitative estimate of drug-likeness (QED) is 0.936. The van der Waals surface area contributed by atoms with Gasteiger partial charge in [-0.3, -0.25) is 9.48 Å². The Morgan fingerprint density at radius 3 is 2.58 bits per heavy atom. The summed E-state index contributed by atoms with van der Waals surface area (Å²) in [6.45, 7) is 7.91. The predicted octanol–water partition coefficient (Wildman–Crippen LogP) is 3.69. The van der Waals surface area contributed by atoms with Crippen molar-refractivity contribution in [2.75, 3.05) is 5.32 Å². The van der Waals surface area contributed by atoms with Crippen molar-refractivity contribution in [1.29, 1.82) is 0 Å². The minimum Gasteiger partial charge on any atom is -0.444 e. The molecule has 2 aromatic rings. The Morgan fingerprint density at radius 1 is 1.42 bits per heavy atom. The lowest BCUT2D eigenvalue weighted by molar-refractivity contribution is 0.0995. The lowest BCUT2D eigenvalue weighted by Crippen LogP contribution is -2.12. The molecule has 0 saturated heterocycles. The molecular formula is C13H16BrN3O2. The molecule has 0 bridgehead atoms. The molecule has 1 amide bonds. The van der Waals surface area contributed by atoms with Crippen LogP contribution in [0.3, 0.4) is 0 Å². The molecule has 0 aliphatic heterocycles. The normalized spacial score (nSPS) is 11.1. The first-order chi connectivity index (χ1) is 8.90. The Bertz CT molecular complexity index is 613. The summed E-state index contributed by atoms with van der Waals surface area (Å²) in [6.07, 6.45) is 0. The summed E-state index contributed by atoms with van der Waals surface area (Å²) in [7, 11) is 0. The lowest BCUT2D eigenvalue weighted by atomic mass is 10.3. The maximum Gasteiger partial charge on any atom is 0.291 e. The van der Waals surface area contributed by atoms with Crippen molar-refractivity contribution < 1.29 is 9.21 Å². The Labute approximate surface area is 120 Å². The van der Waals surface area contributed by atoms with Crippen LogP contribution >= 0.6 is 15.9 Å². The van der Waals surface area contributed by atoms with Gasteiger partial charge in [-0.25, -0.2) is 0 Å². The van der Waals surface area contributed by atoms with Crippen molar-refractivity contribution in [3.8, 4) is 0 Å². The van der Waals surface area contributed by atoms with E-state index in [4.69, 9.17) is 4.42 Å². The summed E-state index contributed by atoms with van der Waals surface area (Å²) in [5.41, 5.74) is 2.47. The van der Waals surface area contributed by atoms with Crippen molar-refractivity contribution >= 4 is 27.5 Å². The second-order valence-electron chi connectivity index (χ2n) is 4.64. The summed E-state index contributed by atoms with van der Waals surface area (Å²) < 4.78 is 7.65. The molecule has 0 saturated carbocycles. The number of rotatable bonds is 3. The van der Waals surface area contributed by atoms with Gasteiger partial charge in [-0.05, 0) is 55.8 Å². The third-order valence-corrected chi connectivity index (χ3v) is 3.28. The Morgan fingerprint density at radius 2 is 2.11 bits per heavy atom. The molecule has 0 atom stereocenters. The van der Waals surface area contributed by atoms with Gasteiger partial charge in [0.25, 0.3) is 5.91 Å². The largest absolute Gasteiger partial charge is 0.444 e. The lowest BCUT2D eigenvalue weighted by Gasteiger charge is -2.08. The highest BCUT2D eigenvalue weighted by Gasteiger charge is 2.18. The maximum atomic E-state index is 12.0. The van der Waals surface area contributed by atoms with Gasteiger partial charge in [0.2, 0.25) is 0 Å². The number of carbonyl (C=O) groups is 1. The topological polar surface area (TPSA) is 60.1 Å². The van der Waals surface area contributed by atoms with Crippen LogP contribution in [0.15, 0.2) is 21.2 Å². The molecule has 2 aromatic heterocycles. The fourth-order valence-corrected chi connectivity index (χ4v) is 2.26. The van der Waals surface area contributed by atoms with Gasteiger partial charge in [0.05, 0.1) is 17.1 Å². The highest BCUT2D eigenvalue weighted by atomic mass is 79.9. The predicted molar refractivity (Wildman–Crippen MR) is 76.4 cm³/mol. The Kier molecular flexibility index (Phi) is 3.80. The number of hydrogen-bond donors (Lipinski definition) is 1. The SMILES string of the molecule is Cc1nn(C(C)C)c(C)c1NC(=O)c1ccc(Br)o1. The van der Waals surface area contributed by atoms with Crippen molar-refractivity contribution in [2.45, 2.75) is 33.7 Å². The second kappa shape index (κ2) is 5.21. The molecule has 102 valence electrons. The highest BCUT2D eigenvalue weighted by Crippen LogP contribution is 2.23. The van der Waals surface area contributed by atoms with Crippen LogP contribution in [-0.2, 0) is 0 Å². The molecule has 1 N–H and O–H groups in total. The molecule has 0 radical (unpaired) electrons. The first-order valence-electron chi connectivity index (χ1n) is 6.02. The van der Waals surface area contributed by atoms with E-state index in [1.165, 1.54) is 0 Å². The van der Waals surface area contributed by atoms with Gasteiger partial charge in [0, 0.05) is 6.04 Å². The fraction of sp³-hybridized carbons (Fsp3) is 0.385. The third-order valence-electron chi connectivity index (χ3n) is 2.85. The first kappa shape index (κ1) is 13.9. The van der Waals surface area contributed by atoms with Crippen molar-refractivity contribution in [3.05, 3.63) is 34.0 Å². The molecule has 0 fully saturated rings. The molecule has 6 heteroatoms. The van der Waals surface area contributed by atoms with Crippen molar-refractivity contribution in [1.82, 2.24) is 9.78 Å². The number of halogens is 1. The van der Waals surface area contributed by atoms with Gasteiger partial charge in [-0.15, -0.1) is 0 Å². The molecule has 2 heterocycles. The third kappa shape index (κ3) is 2.73. The number of nitrogens with one attached hydrogen (secondary N) is 1. The second-order valence-corrected chi connectivity index (χ2v) is 5.42. The van der Waals surface area contributed by atoms with Gasteiger partial charge < -0.3 is 9.73 Å². The zero-order valence-corrected chi connectivity index (χ0v) is 12.9. The van der Waals surface area contributed by atoms with Crippen LogP contribution in [0.1, 0.15) is 41.8 Å². The zero-order chi connectivity index (χ0) is 14.2. The van der Waals surface area contributed by atoms with E-state index in [9.17, 15) is 4.79 Å². The maximum absolute atomic E-state index is 12.0. The van der Waals surface area contributed by atoms with Crippen molar-refractivity contribution in [3.63, 3.8) is 0 Å². The summed E-state index contributed by atoms with van der Waals surface area (Å²) in [6, 6.07) is 3.56. The average Bonchev–Trinajstić information content (AvgIpc) is 2.87. The van der Waals surface area contributed by atoms with E-state index in [-0.39, 0.29) is 17.7 Å². The summed E-state index contributed by atoms with van der Waals surface area (Å²) in [5, 5.41) is 7.27. The molecule has 0 aromatic carbocycles. The van der Waals surface area contributed by atoms with E-state index in [2.05, 4.69) is 40.2 Å². The smallest absolute Gasteiger partial charge is 0.291 e. The molecule has 0 aliphatic rings. The van der Waals surface area contributed by atoms with Crippen LogP contribution in [0.25, 0.3) is 0 Å². The molecule has 0 aliphatic carbocycles. The molecule has 2 rings (SSSR count). The van der Waals surface area contributed by atoms with Gasteiger partial charge in [-0.1, -0.05) is 0 Å². The number of carbonyl (C=O) groups excluding carboxylic acids is 1. The standard InChI is InChI=1S/C13H16BrN3O2/c1-7(2)17-9(4)12(8(3)16-17)15-13(18)10-5-6-11(14)19-10/h5-7H,1-4H3,(H,15,18). The average molecular weight is 326 g/mol. The minimum absolute atomic E-state index is 0.252. The monoisotopic (exact) mass is 325 g/mol. The van der Waals surface area contributed by atoms with Gasteiger partial charge >= 0.3 is 0 Å². The van der Waals surface area contributed by atoms with Crippen LogP contribution in [0.2, 0.25) is 0 Å². The number of furan rings is 1. The van der Waals surface area contributed by atoms with E-state index < -0.39 is 0 Å². The van der Waals surface area contributed by atoms with Crippen LogP contribution in [0.5, 0.6) is 0 Å². The molecule has 0 unspecified atom stereocenters. The Balaban J connectivity index is 2.26. The fourth-order valence-electron chi connectivity index (χ4n) is 1.96. The zero-order valence-electron chi connectivity index (χ0n) is 11.3. The van der Waals surface area contributed by atoms with Gasteiger partial charge in [0.15, 0.2) is 10.4 Å². The number of aryl methyl sites for hydroxylation is 1. The first-order valence-corrected chi connectivity index (χ1v) is 6.82. The van der Waals surface area contributed by atoms with E-state index in [0.717, 1.165) is 17.1 Å². The molecule has 19 heavy (non-hydrogen) atoms. The van der Waals surface area contributed by atoms with E-state index in [0.29, 0.717) is 4.67 Å². The van der Waals surface area contributed by atoms with Gasteiger partial charge in [0.1, 0.15) is 0 Å². The minimum atomic E-state index is -0.278. The molecule has 5 nitrogen and oxygen atoms in total. The van der Waals surface area contributed by atoms with Gasteiger partial charge in [-0.2, -0.15) is 5.10 Å². The van der Waals surface area contributed by atoms with Crippen LogP contribution in [0, 0.1) is 13.8 Å². The summed E-state index contributed by atoms with van der Waals surface area (Å²) in [4.78, 5) is 12.0. The highest BCUT2D eigenvalue weighted by molar-refractivity contribution is 9.10. The van der Waals surface area contributed by atoms with E-state index >= 15 is 0 Å². The number of aromatic nitrogens is 2. The number of nitrogens with zero attached hydrogens (tertiary/aromatic N) is 2. The van der Waals surface area contributed by atoms with E-state index in [1.807, 2.05) is 18.5 Å². The summed E-state index contributed by atoms with van der Waals surface area (Å²) in [5.74, 6) is -0.0109. The molecule has 0 spiro atoms.